The Labute approximate surface area is 105 Å². The molecule has 1 heterocycles. The molecule has 16 heavy (non-hydrogen) atoms. The lowest BCUT2D eigenvalue weighted by Gasteiger charge is -2.26. The van der Waals surface area contributed by atoms with Crippen molar-refractivity contribution in [3.63, 3.8) is 0 Å². The van der Waals surface area contributed by atoms with Gasteiger partial charge in [0.2, 0.25) is 0 Å². The molecule has 2 unspecified atom stereocenters. The maximum Gasteiger partial charge on any atom is 0.119 e. The molecule has 88 valence electrons. The summed E-state index contributed by atoms with van der Waals surface area (Å²) in [6.07, 6.45) is -0.382. The lowest BCUT2D eigenvalue weighted by Crippen LogP contribution is -2.22. The Hall–Kier alpha value is -0.320. The first-order valence-corrected chi connectivity index (χ1v) is 7.53. The molecule has 2 atom stereocenters. The normalized spacial score (nSPS) is 22.8. The second-order valence-corrected chi connectivity index (χ2v) is 6.20. The van der Waals surface area contributed by atoms with Gasteiger partial charge in [-0.3, -0.25) is 0 Å². The molecule has 0 aromatic heterocycles. The summed E-state index contributed by atoms with van der Waals surface area (Å²) in [5.41, 5.74) is 0.958. The molecule has 2 rings (SSSR count). The second kappa shape index (κ2) is 5.84. The summed E-state index contributed by atoms with van der Waals surface area (Å²) < 4.78 is 5.17. The summed E-state index contributed by atoms with van der Waals surface area (Å²) in [5, 5.41) is 10.6. The van der Waals surface area contributed by atoms with E-state index in [0.717, 1.165) is 22.8 Å². The van der Waals surface area contributed by atoms with E-state index in [4.69, 9.17) is 4.74 Å². The Kier molecular flexibility index (Phi) is 4.44. The van der Waals surface area contributed by atoms with Gasteiger partial charge in [0, 0.05) is 22.5 Å². The van der Waals surface area contributed by atoms with E-state index >= 15 is 0 Å². The second-order valence-electron chi connectivity index (χ2n) is 3.71. The molecule has 0 aliphatic carbocycles. The molecule has 2 nitrogen and oxygen atoms in total. The summed E-state index contributed by atoms with van der Waals surface area (Å²) in [5.74, 6) is 4.18. The molecule has 1 aliphatic rings. The fourth-order valence-corrected chi connectivity index (χ4v) is 4.48. The standard InChI is InChI=1S/C12H16O2S2/c1-14-10-4-2-3-9(7-10)12(13)11-8-15-5-6-16-11/h2-4,7,11-13H,5-6,8H2,1H3. The van der Waals surface area contributed by atoms with Crippen molar-refractivity contribution in [2.45, 2.75) is 11.4 Å². The van der Waals surface area contributed by atoms with Gasteiger partial charge in [-0.25, -0.2) is 0 Å². The maximum atomic E-state index is 10.3. The number of methoxy groups -OCH3 is 1. The highest BCUT2D eigenvalue weighted by atomic mass is 32.2. The van der Waals surface area contributed by atoms with Crippen LogP contribution in [-0.4, -0.2) is 34.7 Å². The number of thioether (sulfide) groups is 2. The van der Waals surface area contributed by atoms with Crippen LogP contribution < -0.4 is 4.74 Å². The number of hydrogen-bond donors (Lipinski definition) is 1. The smallest absolute Gasteiger partial charge is 0.119 e. The van der Waals surface area contributed by atoms with E-state index in [-0.39, 0.29) is 6.10 Å². The van der Waals surface area contributed by atoms with E-state index in [0.29, 0.717) is 5.25 Å². The molecule has 1 saturated heterocycles. The molecule has 0 spiro atoms. The van der Waals surface area contributed by atoms with Gasteiger partial charge in [-0.2, -0.15) is 23.5 Å². The molecule has 4 heteroatoms. The van der Waals surface area contributed by atoms with Crippen LogP contribution in [0.1, 0.15) is 11.7 Å². The lowest BCUT2D eigenvalue weighted by atomic mass is 10.1. The molecule has 0 amide bonds. The maximum absolute atomic E-state index is 10.3. The van der Waals surface area contributed by atoms with Gasteiger partial charge < -0.3 is 9.84 Å². The van der Waals surface area contributed by atoms with Crippen LogP contribution in [0.4, 0.5) is 0 Å². The summed E-state index contributed by atoms with van der Waals surface area (Å²) in [6.45, 7) is 0. The zero-order chi connectivity index (χ0) is 11.4. The molecule has 1 aromatic rings. The highest BCUT2D eigenvalue weighted by molar-refractivity contribution is 8.06. The minimum absolute atomic E-state index is 0.311. The monoisotopic (exact) mass is 256 g/mol. The highest BCUT2D eigenvalue weighted by Crippen LogP contribution is 2.34. The van der Waals surface area contributed by atoms with Crippen LogP contribution in [0, 0.1) is 0 Å². The number of aliphatic hydroxyl groups excluding tert-OH is 1. The van der Waals surface area contributed by atoms with Crippen LogP contribution in [-0.2, 0) is 0 Å². The topological polar surface area (TPSA) is 29.5 Å². The minimum atomic E-state index is -0.382. The van der Waals surface area contributed by atoms with Crippen LogP contribution in [0.2, 0.25) is 0 Å². The Balaban J connectivity index is 2.09. The van der Waals surface area contributed by atoms with Gasteiger partial charge in [-0.1, -0.05) is 12.1 Å². The van der Waals surface area contributed by atoms with Gasteiger partial charge in [0.05, 0.1) is 13.2 Å². The lowest BCUT2D eigenvalue weighted by molar-refractivity contribution is 0.180. The van der Waals surface area contributed by atoms with Gasteiger partial charge in [-0.05, 0) is 17.7 Å². The quantitative estimate of drug-likeness (QED) is 0.900. The van der Waals surface area contributed by atoms with Crippen molar-refractivity contribution in [1.29, 1.82) is 0 Å². The Bertz CT molecular complexity index is 338. The fraction of sp³-hybridized carbons (Fsp3) is 0.500. The van der Waals surface area contributed by atoms with E-state index in [1.165, 1.54) is 5.75 Å². The van der Waals surface area contributed by atoms with Gasteiger partial charge in [-0.15, -0.1) is 0 Å². The van der Waals surface area contributed by atoms with Crippen molar-refractivity contribution in [3.8, 4) is 5.75 Å². The van der Waals surface area contributed by atoms with Crippen LogP contribution in [0.25, 0.3) is 0 Å². The molecular weight excluding hydrogens is 240 g/mol. The van der Waals surface area contributed by atoms with E-state index < -0.39 is 0 Å². The molecule has 1 N–H and O–H groups in total. The average molecular weight is 256 g/mol. The molecule has 0 bridgehead atoms. The van der Waals surface area contributed by atoms with Gasteiger partial charge >= 0.3 is 0 Å². The number of rotatable bonds is 3. The average Bonchev–Trinajstić information content (AvgIpc) is 2.39. The van der Waals surface area contributed by atoms with E-state index in [9.17, 15) is 5.11 Å². The van der Waals surface area contributed by atoms with E-state index in [2.05, 4.69) is 0 Å². The van der Waals surface area contributed by atoms with Crippen molar-refractivity contribution in [1.82, 2.24) is 0 Å². The van der Waals surface area contributed by atoms with Gasteiger partial charge in [0.1, 0.15) is 5.75 Å². The van der Waals surface area contributed by atoms with Gasteiger partial charge in [0.25, 0.3) is 0 Å². The van der Waals surface area contributed by atoms with Crippen LogP contribution >= 0.6 is 23.5 Å². The largest absolute Gasteiger partial charge is 0.497 e. The third kappa shape index (κ3) is 2.87. The Morgan fingerprint density at radius 3 is 3.00 bits per heavy atom. The van der Waals surface area contributed by atoms with Crippen LogP contribution in [0.5, 0.6) is 5.75 Å². The predicted octanol–water partition coefficient (Wildman–Crippen LogP) is 2.58. The van der Waals surface area contributed by atoms with Crippen molar-refractivity contribution in [3.05, 3.63) is 29.8 Å². The Morgan fingerprint density at radius 2 is 2.31 bits per heavy atom. The van der Waals surface area contributed by atoms with Crippen LogP contribution in [0.3, 0.4) is 0 Å². The first-order valence-electron chi connectivity index (χ1n) is 5.32. The zero-order valence-corrected chi connectivity index (χ0v) is 10.9. The number of aliphatic hydroxyl groups is 1. The third-order valence-electron chi connectivity index (χ3n) is 2.63. The zero-order valence-electron chi connectivity index (χ0n) is 9.26. The first-order chi connectivity index (χ1) is 7.81. The van der Waals surface area contributed by atoms with Crippen LogP contribution in [0.15, 0.2) is 24.3 Å². The molecular formula is C12H16O2S2. The summed E-state index contributed by atoms with van der Waals surface area (Å²) in [6, 6.07) is 7.72. The Morgan fingerprint density at radius 1 is 1.44 bits per heavy atom. The van der Waals surface area contributed by atoms with Crippen molar-refractivity contribution >= 4 is 23.5 Å². The van der Waals surface area contributed by atoms with Crippen molar-refractivity contribution in [2.24, 2.45) is 0 Å². The minimum Gasteiger partial charge on any atom is -0.497 e. The summed E-state index contributed by atoms with van der Waals surface area (Å²) >= 11 is 3.79. The molecule has 1 fully saturated rings. The summed E-state index contributed by atoms with van der Waals surface area (Å²) in [7, 11) is 1.65. The molecule has 0 radical (unpaired) electrons. The predicted molar refractivity (Wildman–Crippen MR) is 71.5 cm³/mol. The molecule has 1 aliphatic heterocycles. The number of hydrogen-bond acceptors (Lipinski definition) is 4. The summed E-state index contributed by atoms with van der Waals surface area (Å²) in [4.78, 5) is 0. The van der Waals surface area contributed by atoms with Gasteiger partial charge in [0.15, 0.2) is 0 Å². The number of ether oxygens (including phenoxy) is 1. The SMILES string of the molecule is COc1cccc(C(O)C2CSCCS2)c1. The molecule has 1 aromatic carbocycles. The van der Waals surface area contributed by atoms with E-state index in [1.54, 1.807) is 7.11 Å². The van der Waals surface area contributed by atoms with Crippen molar-refractivity contribution in [2.75, 3.05) is 24.4 Å². The first kappa shape index (κ1) is 12.1. The number of benzene rings is 1. The fourth-order valence-electron chi connectivity index (χ4n) is 1.73. The van der Waals surface area contributed by atoms with E-state index in [1.807, 2.05) is 47.8 Å². The van der Waals surface area contributed by atoms with Crippen molar-refractivity contribution < 1.29 is 9.84 Å². The third-order valence-corrected chi connectivity index (χ3v) is 5.48. The highest BCUT2D eigenvalue weighted by Gasteiger charge is 2.24. The molecule has 0 saturated carbocycles.